The van der Waals surface area contributed by atoms with Crippen molar-refractivity contribution in [2.45, 2.75) is 0 Å². The molecule has 5 rings (SSSR count). The fourth-order valence-electron chi connectivity index (χ4n) is 3.04. The molecule has 0 amide bonds. The second kappa shape index (κ2) is 3.01. The Hall–Kier alpha value is -2.68. The Morgan fingerprint density at radius 3 is 2.47 bits per heavy atom. The largest absolute Gasteiger partial charge is 0.274 e. The Balaban J connectivity index is 2.34. The third-order valence-corrected chi connectivity index (χ3v) is 3.85. The predicted octanol–water partition coefficient (Wildman–Crippen LogP) is 3.63. The van der Waals surface area contributed by atoms with Crippen molar-refractivity contribution in [1.82, 2.24) is 14.6 Å². The average molecular weight is 243 g/mol. The van der Waals surface area contributed by atoms with Crippen molar-refractivity contribution < 1.29 is 0 Å². The van der Waals surface area contributed by atoms with Crippen molar-refractivity contribution in [3.8, 4) is 0 Å². The Kier molecular flexibility index (Phi) is 1.47. The molecule has 19 heavy (non-hydrogen) atoms. The van der Waals surface area contributed by atoms with Crippen LogP contribution in [-0.4, -0.2) is 14.6 Å². The van der Waals surface area contributed by atoms with E-state index in [1.165, 1.54) is 21.7 Å². The van der Waals surface area contributed by atoms with Gasteiger partial charge in [-0.2, -0.15) is 0 Å². The summed E-state index contributed by atoms with van der Waals surface area (Å²) in [5.41, 5.74) is 3.05. The summed E-state index contributed by atoms with van der Waals surface area (Å²) in [5, 5.41) is 13.5. The molecule has 0 saturated heterocycles. The van der Waals surface area contributed by atoms with Crippen LogP contribution in [0.25, 0.3) is 38.4 Å². The average Bonchev–Trinajstić information content (AvgIpc) is 2.91. The molecular weight excluding hydrogens is 234 g/mol. The fraction of sp³-hybridized carbons (Fsp3) is 0. The maximum Gasteiger partial charge on any atom is 0.169 e. The van der Waals surface area contributed by atoms with E-state index in [1.54, 1.807) is 0 Å². The molecule has 0 fully saturated rings. The summed E-state index contributed by atoms with van der Waals surface area (Å²) in [7, 11) is 0. The van der Waals surface area contributed by atoms with E-state index in [0.717, 1.165) is 16.7 Å². The second-order valence-corrected chi connectivity index (χ2v) is 4.84. The molecule has 0 bridgehead atoms. The van der Waals surface area contributed by atoms with Crippen molar-refractivity contribution in [1.29, 1.82) is 0 Å². The highest BCUT2D eigenvalue weighted by atomic mass is 15.2. The number of pyridine rings is 2. The zero-order valence-corrected chi connectivity index (χ0v) is 10.0. The van der Waals surface area contributed by atoms with Gasteiger partial charge in [-0.1, -0.05) is 42.5 Å². The SMILES string of the molecule is c1ccc2c(c1)c1cccc3ccc4nnc2n4c31. The van der Waals surface area contributed by atoms with Gasteiger partial charge >= 0.3 is 0 Å². The Bertz CT molecular complexity index is 1050. The summed E-state index contributed by atoms with van der Waals surface area (Å²) >= 11 is 0. The molecule has 3 heterocycles. The molecule has 3 aromatic heterocycles. The van der Waals surface area contributed by atoms with Crippen LogP contribution in [0.3, 0.4) is 0 Å². The van der Waals surface area contributed by atoms with Crippen LogP contribution in [0.15, 0.2) is 54.6 Å². The molecule has 0 unspecified atom stereocenters. The van der Waals surface area contributed by atoms with E-state index in [4.69, 9.17) is 0 Å². The first-order chi connectivity index (χ1) is 9.43. The standard InChI is InChI=1S/C16H9N3/c1-2-6-13-11(5-1)12-7-3-4-10-8-9-14-17-18-16(13)19(14)15(10)12/h1-9H. The minimum Gasteiger partial charge on any atom is -0.274 e. The monoisotopic (exact) mass is 243 g/mol. The minimum absolute atomic E-state index is 0.907. The van der Waals surface area contributed by atoms with Crippen LogP contribution in [0.1, 0.15) is 0 Å². The minimum atomic E-state index is 0.907. The number of hydrogen-bond acceptors (Lipinski definition) is 2. The maximum atomic E-state index is 4.36. The van der Waals surface area contributed by atoms with Gasteiger partial charge in [0.25, 0.3) is 0 Å². The van der Waals surface area contributed by atoms with Crippen LogP contribution in [-0.2, 0) is 0 Å². The van der Waals surface area contributed by atoms with Gasteiger partial charge < -0.3 is 0 Å². The summed E-state index contributed by atoms with van der Waals surface area (Å²) in [4.78, 5) is 0. The molecule has 2 aromatic carbocycles. The van der Waals surface area contributed by atoms with Gasteiger partial charge in [0, 0.05) is 10.8 Å². The quantitative estimate of drug-likeness (QED) is 0.307. The molecule has 0 spiro atoms. The highest BCUT2D eigenvalue weighted by molar-refractivity contribution is 6.16. The lowest BCUT2D eigenvalue weighted by Crippen LogP contribution is -1.93. The van der Waals surface area contributed by atoms with Crippen LogP contribution in [0.4, 0.5) is 0 Å². The van der Waals surface area contributed by atoms with Crippen molar-refractivity contribution in [3.05, 3.63) is 54.6 Å². The highest BCUT2D eigenvalue weighted by Gasteiger charge is 2.13. The first kappa shape index (κ1) is 9.28. The first-order valence-electron chi connectivity index (χ1n) is 6.30. The van der Waals surface area contributed by atoms with Gasteiger partial charge in [-0.05, 0) is 22.9 Å². The smallest absolute Gasteiger partial charge is 0.169 e. The molecule has 5 aromatic rings. The molecule has 0 aliphatic rings. The van der Waals surface area contributed by atoms with Crippen LogP contribution in [0, 0.1) is 0 Å². The lowest BCUT2D eigenvalue weighted by molar-refractivity contribution is 1.15. The predicted molar refractivity (Wildman–Crippen MR) is 76.7 cm³/mol. The van der Waals surface area contributed by atoms with Gasteiger partial charge in [0.15, 0.2) is 11.3 Å². The van der Waals surface area contributed by atoms with E-state index < -0.39 is 0 Å². The van der Waals surface area contributed by atoms with Gasteiger partial charge in [0.05, 0.1) is 5.52 Å². The van der Waals surface area contributed by atoms with E-state index in [9.17, 15) is 0 Å². The number of hydrogen-bond donors (Lipinski definition) is 0. The number of aromatic nitrogens is 3. The molecule has 0 radical (unpaired) electrons. The van der Waals surface area contributed by atoms with Gasteiger partial charge in [-0.3, -0.25) is 4.40 Å². The summed E-state index contributed by atoms with van der Waals surface area (Å²) in [6.45, 7) is 0. The fourth-order valence-corrected chi connectivity index (χ4v) is 3.04. The van der Waals surface area contributed by atoms with Crippen LogP contribution in [0.5, 0.6) is 0 Å². The van der Waals surface area contributed by atoms with Crippen molar-refractivity contribution >= 4 is 38.4 Å². The van der Waals surface area contributed by atoms with E-state index in [1.807, 2.05) is 12.1 Å². The third kappa shape index (κ3) is 0.993. The highest BCUT2D eigenvalue weighted by Crippen LogP contribution is 2.32. The summed E-state index contributed by atoms with van der Waals surface area (Å²) in [5.74, 6) is 0. The molecule has 0 saturated carbocycles. The van der Waals surface area contributed by atoms with E-state index in [-0.39, 0.29) is 0 Å². The lowest BCUT2D eigenvalue weighted by Gasteiger charge is -2.10. The van der Waals surface area contributed by atoms with Gasteiger partial charge in [-0.25, -0.2) is 0 Å². The van der Waals surface area contributed by atoms with Crippen molar-refractivity contribution in [2.24, 2.45) is 0 Å². The van der Waals surface area contributed by atoms with Gasteiger partial charge in [0.1, 0.15) is 0 Å². The topological polar surface area (TPSA) is 30.2 Å². The Labute approximate surface area is 108 Å². The Morgan fingerprint density at radius 1 is 0.684 bits per heavy atom. The summed E-state index contributed by atoms with van der Waals surface area (Å²) in [6.07, 6.45) is 0. The van der Waals surface area contributed by atoms with Gasteiger partial charge in [-0.15, -0.1) is 10.2 Å². The zero-order chi connectivity index (χ0) is 12.4. The zero-order valence-electron chi connectivity index (χ0n) is 10.0. The summed E-state index contributed by atoms with van der Waals surface area (Å²) in [6, 6.07) is 18.9. The van der Waals surface area contributed by atoms with E-state index in [0.29, 0.717) is 0 Å². The van der Waals surface area contributed by atoms with Crippen LogP contribution >= 0.6 is 0 Å². The van der Waals surface area contributed by atoms with Crippen molar-refractivity contribution in [2.75, 3.05) is 0 Å². The number of nitrogens with zero attached hydrogens (tertiary/aromatic N) is 3. The molecule has 3 heteroatoms. The van der Waals surface area contributed by atoms with Crippen LogP contribution in [0.2, 0.25) is 0 Å². The Morgan fingerprint density at radius 2 is 1.53 bits per heavy atom. The number of para-hydroxylation sites is 1. The molecular formula is C16H9N3. The molecule has 0 N–H and O–H groups in total. The molecule has 0 atom stereocenters. The maximum absolute atomic E-state index is 4.36. The third-order valence-electron chi connectivity index (χ3n) is 3.85. The van der Waals surface area contributed by atoms with E-state index >= 15 is 0 Å². The first-order valence-corrected chi connectivity index (χ1v) is 6.30. The number of fused-ring (bicyclic) bond motifs is 3. The normalized spacial score (nSPS) is 12.2. The number of rotatable bonds is 0. The molecule has 3 nitrogen and oxygen atoms in total. The molecule has 0 aliphatic heterocycles. The van der Waals surface area contributed by atoms with E-state index in [2.05, 4.69) is 57.1 Å². The van der Waals surface area contributed by atoms with Gasteiger partial charge in [0.2, 0.25) is 0 Å². The molecule has 88 valence electrons. The second-order valence-electron chi connectivity index (χ2n) is 4.84. The van der Waals surface area contributed by atoms with Crippen molar-refractivity contribution in [3.63, 3.8) is 0 Å². The van der Waals surface area contributed by atoms with Crippen LogP contribution < -0.4 is 0 Å². The lowest BCUT2D eigenvalue weighted by atomic mass is 10.0. The molecule has 0 aliphatic carbocycles. The number of benzene rings is 2. The summed E-state index contributed by atoms with van der Waals surface area (Å²) < 4.78 is 2.16.